The van der Waals surface area contributed by atoms with Crippen LogP contribution in [0.15, 0.2) is 53.3 Å². The average Bonchev–Trinajstić information content (AvgIpc) is 3.15. The van der Waals surface area contributed by atoms with Crippen molar-refractivity contribution in [1.82, 2.24) is 15.1 Å². The van der Waals surface area contributed by atoms with Crippen LogP contribution < -0.4 is 0 Å². The van der Waals surface area contributed by atoms with Crippen LogP contribution in [-0.2, 0) is 22.5 Å². The molecule has 0 saturated heterocycles. The minimum Gasteiger partial charge on any atom is -0.462 e. The molecule has 7 heteroatoms. The first-order chi connectivity index (χ1) is 12.8. The van der Waals surface area contributed by atoms with Crippen LogP contribution >= 0.6 is 0 Å². The van der Waals surface area contributed by atoms with E-state index >= 15 is 0 Å². The van der Waals surface area contributed by atoms with Gasteiger partial charge in [0, 0.05) is 31.5 Å². The third-order valence-electron chi connectivity index (χ3n) is 3.63. The van der Waals surface area contributed by atoms with E-state index in [0.717, 1.165) is 11.1 Å². The lowest BCUT2D eigenvalue weighted by Crippen LogP contribution is -2.07. The van der Waals surface area contributed by atoms with Gasteiger partial charge >= 0.3 is 5.97 Å². The maximum Gasteiger partial charge on any atom is 0.338 e. The van der Waals surface area contributed by atoms with E-state index in [1.54, 1.807) is 31.6 Å². The number of hydrogen-bond acceptors (Lipinski definition) is 7. The fraction of sp³-hybridized carbons (Fsp3) is 0.263. The van der Waals surface area contributed by atoms with Crippen molar-refractivity contribution in [2.75, 3.05) is 13.7 Å². The van der Waals surface area contributed by atoms with E-state index in [2.05, 4.69) is 15.1 Å². The summed E-state index contributed by atoms with van der Waals surface area (Å²) < 4.78 is 15.6. The number of ether oxygens (including phenoxy) is 2. The molecule has 26 heavy (non-hydrogen) atoms. The lowest BCUT2D eigenvalue weighted by atomic mass is 10.1. The molecule has 0 saturated carbocycles. The predicted octanol–water partition coefficient (Wildman–Crippen LogP) is 3.07. The number of benzene rings is 1. The fourth-order valence-corrected chi connectivity index (χ4v) is 2.40. The third-order valence-corrected chi connectivity index (χ3v) is 3.63. The molecule has 0 bridgehead atoms. The molecule has 0 amide bonds. The second kappa shape index (κ2) is 8.87. The maximum atomic E-state index is 12.1. The molecule has 3 rings (SSSR count). The van der Waals surface area contributed by atoms with Gasteiger partial charge in [-0.05, 0) is 36.2 Å². The van der Waals surface area contributed by atoms with Crippen LogP contribution in [0.25, 0.3) is 11.4 Å². The molecule has 7 nitrogen and oxygen atoms in total. The van der Waals surface area contributed by atoms with Crippen LogP contribution in [-0.4, -0.2) is 34.8 Å². The molecular formula is C19H19N3O4. The van der Waals surface area contributed by atoms with Crippen molar-refractivity contribution in [3.63, 3.8) is 0 Å². The van der Waals surface area contributed by atoms with Crippen LogP contribution in [0.2, 0.25) is 0 Å². The molecule has 0 N–H and O–H groups in total. The van der Waals surface area contributed by atoms with Crippen molar-refractivity contribution < 1.29 is 18.8 Å². The Morgan fingerprint density at radius 2 is 2.15 bits per heavy atom. The SMILES string of the molecule is COCc1cccc(C(=O)OCCCc2nc(-c3cccnc3)no2)c1. The number of carbonyl (C=O) groups is 1. The van der Waals surface area contributed by atoms with Gasteiger partial charge in [-0.15, -0.1) is 0 Å². The van der Waals surface area contributed by atoms with E-state index in [9.17, 15) is 4.79 Å². The first-order valence-corrected chi connectivity index (χ1v) is 8.24. The molecule has 0 aliphatic carbocycles. The molecule has 2 heterocycles. The molecule has 2 aromatic heterocycles. The zero-order valence-corrected chi connectivity index (χ0v) is 14.4. The molecule has 0 unspecified atom stereocenters. The predicted molar refractivity (Wildman–Crippen MR) is 93.3 cm³/mol. The van der Waals surface area contributed by atoms with Gasteiger partial charge in [0.1, 0.15) is 0 Å². The van der Waals surface area contributed by atoms with E-state index in [4.69, 9.17) is 14.0 Å². The Bertz CT molecular complexity index is 849. The summed E-state index contributed by atoms with van der Waals surface area (Å²) in [5.41, 5.74) is 2.23. The van der Waals surface area contributed by atoms with Crippen molar-refractivity contribution in [2.24, 2.45) is 0 Å². The number of aryl methyl sites for hydroxylation is 1. The van der Waals surface area contributed by atoms with Gasteiger partial charge in [0.25, 0.3) is 0 Å². The Balaban J connectivity index is 1.46. The summed E-state index contributed by atoms with van der Waals surface area (Å²) in [6.45, 7) is 0.732. The van der Waals surface area contributed by atoms with Crippen molar-refractivity contribution in [2.45, 2.75) is 19.4 Å². The topological polar surface area (TPSA) is 87.3 Å². The smallest absolute Gasteiger partial charge is 0.338 e. The van der Waals surface area contributed by atoms with E-state index in [1.807, 2.05) is 24.3 Å². The van der Waals surface area contributed by atoms with Crippen molar-refractivity contribution in [3.05, 3.63) is 65.8 Å². The summed E-state index contributed by atoms with van der Waals surface area (Å²) in [4.78, 5) is 20.4. The van der Waals surface area contributed by atoms with E-state index in [-0.39, 0.29) is 12.6 Å². The maximum absolute atomic E-state index is 12.1. The second-order valence-electron chi connectivity index (χ2n) is 5.63. The van der Waals surface area contributed by atoms with Crippen molar-refractivity contribution in [3.8, 4) is 11.4 Å². The van der Waals surface area contributed by atoms with Gasteiger partial charge in [-0.2, -0.15) is 4.98 Å². The Morgan fingerprint density at radius 3 is 2.96 bits per heavy atom. The van der Waals surface area contributed by atoms with Crippen molar-refractivity contribution in [1.29, 1.82) is 0 Å². The molecule has 0 fully saturated rings. The van der Waals surface area contributed by atoms with E-state index < -0.39 is 0 Å². The molecule has 0 atom stereocenters. The van der Waals surface area contributed by atoms with Gasteiger partial charge in [-0.1, -0.05) is 17.3 Å². The lowest BCUT2D eigenvalue weighted by Gasteiger charge is -2.05. The monoisotopic (exact) mass is 353 g/mol. The number of nitrogens with zero attached hydrogens (tertiary/aromatic N) is 3. The first-order valence-electron chi connectivity index (χ1n) is 8.24. The summed E-state index contributed by atoms with van der Waals surface area (Å²) in [5.74, 6) is 0.645. The summed E-state index contributed by atoms with van der Waals surface area (Å²) in [5, 5.41) is 3.93. The Kier molecular flexibility index (Phi) is 6.05. The van der Waals surface area contributed by atoms with Crippen LogP contribution in [0.5, 0.6) is 0 Å². The van der Waals surface area contributed by atoms with E-state index in [1.165, 1.54) is 0 Å². The number of hydrogen-bond donors (Lipinski definition) is 0. The molecule has 3 aromatic rings. The molecule has 0 aliphatic rings. The molecule has 1 aromatic carbocycles. The normalized spacial score (nSPS) is 10.7. The summed E-state index contributed by atoms with van der Waals surface area (Å²) in [7, 11) is 1.61. The highest BCUT2D eigenvalue weighted by Gasteiger charge is 2.10. The number of rotatable bonds is 8. The first kappa shape index (κ1) is 17.8. The number of carbonyl (C=O) groups excluding carboxylic acids is 1. The Hall–Kier alpha value is -3.06. The zero-order valence-electron chi connectivity index (χ0n) is 14.4. The molecule has 0 spiro atoms. The second-order valence-corrected chi connectivity index (χ2v) is 5.63. The number of aromatic nitrogens is 3. The van der Waals surface area contributed by atoms with Gasteiger partial charge < -0.3 is 14.0 Å². The summed E-state index contributed by atoms with van der Waals surface area (Å²) >= 11 is 0. The zero-order chi connectivity index (χ0) is 18.2. The van der Waals surface area contributed by atoms with Crippen LogP contribution in [0.3, 0.4) is 0 Å². The van der Waals surface area contributed by atoms with Gasteiger partial charge in [0.15, 0.2) is 0 Å². The molecule has 0 aliphatic heterocycles. The van der Waals surface area contributed by atoms with Crippen LogP contribution in [0.1, 0.15) is 28.2 Å². The minimum atomic E-state index is -0.357. The lowest BCUT2D eigenvalue weighted by molar-refractivity contribution is 0.0498. The fourth-order valence-electron chi connectivity index (χ4n) is 2.40. The highest BCUT2D eigenvalue weighted by Crippen LogP contribution is 2.14. The minimum absolute atomic E-state index is 0.276. The number of esters is 1. The molecular weight excluding hydrogens is 334 g/mol. The van der Waals surface area contributed by atoms with Gasteiger partial charge in [0.05, 0.1) is 18.8 Å². The van der Waals surface area contributed by atoms with Crippen LogP contribution in [0.4, 0.5) is 0 Å². The Morgan fingerprint density at radius 1 is 1.23 bits per heavy atom. The highest BCUT2D eigenvalue weighted by molar-refractivity contribution is 5.89. The quantitative estimate of drug-likeness (QED) is 0.454. The standard InChI is InChI=1S/C19H19N3O4/c1-24-13-14-5-2-6-15(11-14)19(23)25-10-4-8-17-21-18(22-26-17)16-7-3-9-20-12-16/h2-3,5-7,9,11-12H,4,8,10,13H2,1H3. The van der Waals surface area contributed by atoms with Crippen molar-refractivity contribution >= 4 is 5.97 Å². The van der Waals surface area contributed by atoms with E-state index in [0.29, 0.717) is 36.7 Å². The molecule has 134 valence electrons. The van der Waals surface area contributed by atoms with Gasteiger partial charge in [0.2, 0.25) is 11.7 Å². The third kappa shape index (κ3) is 4.73. The number of methoxy groups -OCH3 is 1. The largest absolute Gasteiger partial charge is 0.462 e. The van der Waals surface area contributed by atoms with Gasteiger partial charge in [-0.3, -0.25) is 4.98 Å². The molecule has 0 radical (unpaired) electrons. The van der Waals surface area contributed by atoms with Crippen LogP contribution in [0, 0.1) is 0 Å². The summed E-state index contributed by atoms with van der Waals surface area (Å²) in [6.07, 6.45) is 4.49. The van der Waals surface area contributed by atoms with Gasteiger partial charge in [-0.25, -0.2) is 4.79 Å². The summed E-state index contributed by atoms with van der Waals surface area (Å²) in [6, 6.07) is 10.9. The number of pyridine rings is 1. The average molecular weight is 353 g/mol. The Labute approximate surface area is 151 Å². The highest BCUT2D eigenvalue weighted by atomic mass is 16.5.